The lowest BCUT2D eigenvalue weighted by molar-refractivity contribution is 0.111. The van der Waals surface area contributed by atoms with E-state index in [1.165, 1.54) is 12.1 Å². The lowest BCUT2D eigenvalue weighted by Crippen LogP contribution is -2.33. The molecule has 0 radical (unpaired) electrons. The molecule has 1 N–H and O–H groups in total. The van der Waals surface area contributed by atoms with Crippen molar-refractivity contribution < 1.29 is 18.8 Å². The number of rotatable bonds is 7. The third-order valence-corrected chi connectivity index (χ3v) is 5.11. The molecule has 1 aliphatic heterocycles. The van der Waals surface area contributed by atoms with Gasteiger partial charge >= 0.3 is 0 Å². The number of hydrogen-bond acceptors (Lipinski definition) is 6. The maximum atomic E-state index is 12.9. The number of aromatic hydroxyl groups is 1. The Morgan fingerprint density at radius 2 is 1.90 bits per heavy atom. The second kappa shape index (κ2) is 9.05. The number of ether oxygens (including phenoxy) is 1. The van der Waals surface area contributed by atoms with Gasteiger partial charge in [0.1, 0.15) is 17.3 Å². The molecule has 3 aromatic rings. The van der Waals surface area contributed by atoms with Crippen molar-refractivity contribution in [3.05, 3.63) is 71.6 Å². The van der Waals surface area contributed by atoms with Crippen LogP contribution < -0.4 is 4.74 Å². The van der Waals surface area contributed by atoms with Crippen LogP contribution in [-0.4, -0.2) is 33.3 Å². The molecule has 7 heteroatoms. The summed E-state index contributed by atoms with van der Waals surface area (Å²) in [4.78, 5) is 6.94. The fraction of sp³-hybridized carbons (Fsp3) is 0.364. The van der Waals surface area contributed by atoms with Crippen molar-refractivity contribution in [1.29, 1.82) is 0 Å². The maximum absolute atomic E-state index is 12.9. The van der Waals surface area contributed by atoms with E-state index in [2.05, 4.69) is 15.0 Å². The fourth-order valence-corrected chi connectivity index (χ4v) is 3.59. The molecule has 1 unspecified atom stereocenters. The van der Waals surface area contributed by atoms with E-state index in [0.29, 0.717) is 30.5 Å². The van der Waals surface area contributed by atoms with E-state index in [0.717, 1.165) is 37.9 Å². The van der Waals surface area contributed by atoms with Gasteiger partial charge in [0.15, 0.2) is 5.82 Å². The molecule has 0 spiro atoms. The van der Waals surface area contributed by atoms with Crippen LogP contribution in [0.15, 0.2) is 53.1 Å². The molecular weight excluding hydrogens is 373 g/mol. The highest BCUT2D eigenvalue weighted by atomic mass is 19.1. The second-order valence-corrected chi connectivity index (χ2v) is 7.25. The summed E-state index contributed by atoms with van der Waals surface area (Å²) in [5.41, 5.74) is 1.14. The van der Waals surface area contributed by atoms with Gasteiger partial charge in [-0.1, -0.05) is 23.7 Å². The SMILES string of the molecule is Oc1ccc(CN2CCCCC2c2nc(CCOc3ccc(F)cc3)no2)cc1. The zero-order valence-electron chi connectivity index (χ0n) is 16.1. The van der Waals surface area contributed by atoms with E-state index in [4.69, 9.17) is 9.26 Å². The lowest BCUT2D eigenvalue weighted by atomic mass is 10.0. The molecule has 1 aromatic heterocycles. The zero-order valence-corrected chi connectivity index (χ0v) is 16.1. The minimum absolute atomic E-state index is 0.0943. The summed E-state index contributed by atoms with van der Waals surface area (Å²) in [5, 5.41) is 13.6. The van der Waals surface area contributed by atoms with Gasteiger partial charge in [-0.3, -0.25) is 4.90 Å². The number of hydrogen-bond donors (Lipinski definition) is 1. The monoisotopic (exact) mass is 397 g/mol. The van der Waals surface area contributed by atoms with Gasteiger partial charge in [-0.2, -0.15) is 4.98 Å². The van der Waals surface area contributed by atoms with Crippen molar-refractivity contribution in [1.82, 2.24) is 15.0 Å². The molecule has 0 bridgehead atoms. The molecule has 1 fully saturated rings. The first-order valence-electron chi connectivity index (χ1n) is 9.90. The van der Waals surface area contributed by atoms with Crippen LogP contribution in [0.5, 0.6) is 11.5 Å². The van der Waals surface area contributed by atoms with Gasteiger partial charge in [0, 0.05) is 13.0 Å². The third-order valence-electron chi connectivity index (χ3n) is 5.11. The minimum atomic E-state index is -0.288. The van der Waals surface area contributed by atoms with Gasteiger partial charge in [-0.15, -0.1) is 0 Å². The average molecular weight is 397 g/mol. The molecule has 0 amide bonds. The standard InChI is InChI=1S/C22H24FN3O3/c23-17-6-10-19(11-7-17)28-14-12-21-24-22(29-25-21)20-3-1-2-13-26(20)15-16-4-8-18(27)9-5-16/h4-11,20,27H,1-3,12-15H2. The number of likely N-dealkylation sites (tertiary alicyclic amines) is 1. The Hall–Kier alpha value is -2.93. The van der Waals surface area contributed by atoms with Gasteiger partial charge < -0.3 is 14.4 Å². The molecule has 1 saturated heterocycles. The molecule has 1 atom stereocenters. The van der Waals surface area contributed by atoms with Crippen molar-refractivity contribution in [2.75, 3.05) is 13.2 Å². The summed E-state index contributed by atoms with van der Waals surface area (Å²) in [6.45, 7) is 2.14. The molecule has 152 valence electrons. The molecule has 2 heterocycles. The van der Waals surface area contributed by atoms with Crippen LogP contribution >= 0.6 is 0 Å². The van der Waals surface area contributed by atoms with E-state index in [9.17, 15) is 9.50 Å². The average Bonchev–Trinajstić information content (AvgIpc) is 3.20. The number of phenols is 1. The lowest BCUT2D eigenvalue weighted by Gasteiger charge is -2.33. The van der Waals surface area contributed by atoms with Crippen LogP contribution in [-0.2, 0) is 13.0 Å². The highest BCUT2D eigenvalue weighted by molar-refractivity contribution is 5.26. The van der Waals surface area contributed by atoms with E-state index in [-0.39, 0.29) is 17.6 Å². The Morgan fingerprint density at radius 1 is 1.10 bits per heavy atom. The van der Waals surface area contributed by atoms with Gasteiger partial charge in [-0.05, 0) is 61.3 Å². The molecule has 0 aliphatic carbocycles. The summed E-state index contributed by atoms with van der Waals surface area (Å²) >= 11 is 0. The van der Waals surface area contributed by atoms with Crippen molar-refractivity contribution in [2.45, 2.75) is 38.3 Å². The second-order valence-electron chi connectivity index (χ2n) is 7.25. The van der Waals surface area contributed by atoms with Crippen molar-refractivity contribution >= 4 is 0 Å². The van der Waals surface area contributed by atoms with E-state index < -0.39 is 0 Å². The maximum Gasteiger partial charge on any atom is 0.244 e. The molecule has 1 aliphatic rings. The summed E-state index contributed by atoms with van der Waals surface area (Å²) in [6, 6.07) is 13.3. The predicted octanol–water partition coefficient (Wildman–Crippen LogP) is 4.26. The highest BCUT2D eigenvalue weighted by Gasteiger charge is 2.28. The van der Waals surface area contributed by atoms with Crippen LogP contribution in [0.3, 0.4) is 0 Å². The number of piperidine rings is 1. The molecule has 0 saturated carbocycles. The molecule has 2 aromatic carbocycles. The first-order valence-corrected chi connectivity index (χ1v) is 9.90. The van der Waals surface area contributed by atoms with E-state index >= 15 is 0 Å². The van der Waals surface area contributed by atoms with E-state index in [1.807, 2.05) is 12.1 Å². The molecular formula is C22H24FN3O3. The van der Waals surface area contributed by atoms with Gasteiger partial charge in [0.25, 0.3) is 0 Å². The fourth-order valence-electron chi connectivity index (χ4n) is 3.59. The Labute approximate surface area is 168 Å². The van der Waals surface area contributed by atoms with Crippen molar-refractivity contribution in [3.8, 4) is 11.5 Å². The molecule has 4 rings (SSSR count). The number of benzene rings is 2. The zero-order chi connectivity index (χ0) is 20.1. The first-order chi connectivity index (χ1) is 14.2. The van der Waals surface area contributed by atoms with Gasteiger partial charge in [0.2, 0.25) is 5.89 Å². The van der Waals surface area contributed by atoms with E-state index in [1.54, 1.807) is 24.3 Å². The Bertz CT molecular complexity index is 912. The summed E-state index contributed by atoms with van der Waals surface area (Å²) in [5.74, 6) is 1.85. The normalized spacial score (nSPS) is 17.3. The van der Waals surface area contributed by atoms with Gasteiger partial charge in [0.05, 0.1) is 12.6 Å². The largest absolute Gasteiger partial charge is 0.508 e. The van der Waals surface area contributed by atoms with Crippen molar-refractivity contribution in [2.24, 2.45) is 0 Å². The summed E-state index contributed by atoms with van der Waals surface area (Å²) in [7, 11) is 0. The summed E-state index contributed by atoms with van der Waals surface area (Å²) in [6.07, 6.45) is 3.76. The topological polar surface area (TPSA) is 71.6 Å². The van der Waals surface area contributed by atoms with Crippen LogP contribution in [0, 0.1) is 5.82 Å². The molecule has 6 nitrogen and oxygen atoms in total. The quantitative estimate of drug-likeness (QED) is 0.642. The van der Waals surface area contributed by atoms with Crippen LogP contribution in [0.4, 0.5) is 4.39 Å². The third kappa shape index (κ3) is 5.12. The Morgan fingerprint density at radius 3 is 2.69 bits per heavy atom. The van der Waals surface area contributed by atoms with Crippen molar-refractivity contribution in [3.63, 3.8) is 0 Å². The summed E-state index contributed by atoms with van der Waals surface area (Å²) < 4.78 is 24.1. The highest BCUT2D eigenvalue weighted by Crippen LogP contribution is 2.31. The van der Waals surface area contributed by atoms with Crippen LogP contribution in [0.25, 0.3) is 0 Å². The van der Waals surface area contributed by atoms with Gasteiger partial charge in [-0.25, -0.2) is 4.39 Å². The first kappa shape index (κ1) is 19.4. The predicted molar refractivity (Wildman–Crippen MR) is 105 cm³/mol. The minimum Gasteiger partial charge on any atom is -0.508 e. The number of aromatic nitrogens is 2. The number of phenolic OH excluding ortho intramolecular Hbond substituents is 1. The number of nitrogens with zero attached hydrogens (tertiary/aromatic N) is 3. The smallest absolute Gasteiger partial charge is 0.244 e. The Balaban J connectivity index is 1.36. The number of halogens is 1. The molecule has 29 heavy (non-hydrogen) atoms. The Kier molecular flexibility index (Phi) is 6.05. The van der Waals surface area contributed by atoms with Crippen LogP contribution in [0.1, 0.15) is 42.6 Å². The van der Waals surface area contributed by atoms with Crippen LogP contribution in [0.2, 0.25) is 0 Å².